The van der Waals surface area contributed by atoms with Gasteiger partial charge in [0.1, 0.15) is 17.0 Å². The fourth-order valence-corrected chi connectivity index (χ4v) is 3.89. The van der Waals surface area contributed by atoms with E-state index >= 15 is 0 Å². The van der Waals surface area contributed by atoms with Gasteiger partial charge in [-0.1, -0.05) is 12.1 Å². The average Bonchev–Trinajstić information content (AvgIpc) is 3.27. The van der Waals surface area contributed by atoms with Gasteiger partial charge in [0.15, 0.2) is 0 Å². The second-order valence-electron chi connectivity index (χ2n) is 5.32. The summed E-state index contributed by atoms with van der Waals surface area (Å²) in [6.07, 6.45) is 2.67. The van der Waals surface area contributed by atoms with E-state index in [2.05, 4.69) is 46.1 Å². The highest BCUT2D eigenvalue weighted by Crippen LogP contribution is 2.17. The Kier molecular flexibility index (Phi) is 6.15. The maximum Gasteiger partial charge on any atom is 0.219 e. The van der Waals surface area contributed by atoms with E-state index in [0.29, 0.717) is 17.5 Å². The highest BCUT2D eigenvalue weighted by atomic mass is 32.2. The first-order valence-corrected chi connectivity index (χ1v) is 9.94. The Morgan fingerprint density at radius 1 is 1.24 bits per heavy atom. The van der Waals surface area contributed by atoms with Gasteiger partial charge in [-0.3, -0.25) is 9.98 Å². The zero-order chi connectivity index (χ0) is 17.5. The Morgan fingerprint density at radius 3 is 2.84 bits per heavy atom. The molecule has 3 aromatic heterocycles. The fourth-order valence-electron chi connectivity index (χ4n) is 2.42. The third-order valence-corrected chi connectivity index (χ3v) is 5.20. The lowest BCUT2D eigenvalue weighted by Gasteiger charge is -2.22. The molecule has 0 saturated carbocycles. The van der Waals surface area contributed by atoms with Crippen LogP contribution >= 0.6 is 22.5 Å². The van der Waals surface area contributed by atoms with Crippen LogP contribution in [0.3, 0.4) is 0 Å². The summed E-state index contributed by atoms with van der Waals surface area (Å²) in [6, 6.07) is 10.1. The minimum atomic E-state index is -1.33. The molecule has 9 heteroatoms. The van der Waals surface area contributed by atoms with Gasteiger partial charge in [0, 0.05) is 31.2 Å². The monoisotopic (exact) mass is 376 g/mol. The van der Waals surface area contributed by atoms with Gasteiger partial charge in [-0.25, -0.2) is 4.98 Å². The van der Waals surface area contributed by atoms with Crippen molar-refractivity contribution >= 4 is 28.3 Å². The summed E-state index contributed by atoms with van der Waals surface area (Å²) in [4.78, 5) is 16.5. The third kappa shape index (κ3) is 4.88. The third-order valence-electron chi connectivity index (χ3n) is 3.58. The summed E-state index contributed by atoms with van der Waals surface area (Å²) in [7, 11) is 1.64. The molecule has 0 radical (unpaired) electrons. The van der Waals surface area contributed by atoms with Crippen molar-refractivity contribution in [1.82, 2.24) is 13.7 Å². The van der Waals surface area contributed by atoms with Gasteiger partial charge in [0.25, 0.3) is 0 Å². The van der Waals surface area contributed by atoms with Crippen molar-refractivity contribution in [2.75, 3.05) is 25.0 Å². The second-order valence-corrected chi connectivity index (χ2v) is 7.30. The summed E-state index contributed by atoms with van der Waals surface area (Å²) < 4.78 is 16.9. The molecule has 3 aromatic rings. The average molecular weight is 377 g/mol. The predicted molar refractivity (Wildman–Crippen MR) is 99.9 cm³/mol. The Bertz CT molecular complexity index is 895. The van der Waals surface area contributed by atoms with Gasteiger partial charge in [-0.05, 0) is 30.0 Å². The van der Waals surface area contributed by atoms with Crippen LogP contribution in [0.15, 0.2) is 51.9 Å². The zero-order valence-corrected chi connectivity index (χ0v) is 15.5. The number of pyridine rings is 1. The van der Waals surface area contributed by atoms with E-state index in [0.717, 1.165) is 25.3 Å². The highest BCUT2D eigenvalue weighted by Gasteiger charge is 2.09. The summed E-state index contributed by atoms with van der Waals surface area (Å²) >= 11 is 0.415. The van der Waals surface area contributed by atoms with E-state index in [1.54, 1.807) is 18.4 Å². The van der Waals surface area contributed by atoms with Gasteiger partial charge < -0.3 is 9.45 Å². The van der Waals surface area contributed by atoms with E-state index < -0.39 is 11.1 Å². The quantitative estimate of drug-likeness (QED) is 0.488. The molecule has 3 rings (SSSR count). The molecule has 0 spiro atoms. The van der Waals surface area contributed by atoms with Crippen LogP contribution in [0.4, 0.5) is 5.82 Å². The largest absolute Gasteiger partial charge is 0.549 e. The number of nitrogens with one attached hydrogen (secondary N) is 2. The molecule has 1 unspecified atom stereocenters. The van der Waals surface area contributed by atoms with Crippen LogP contribution < -0.4 is 15.9 Å². The maximum absolute atomic E-state index is 11.4. The van der Waals surface area contributed by atoms with Crippen molar-refractivity contribution in [3.63, 3.8) is 0 Å². The number of nitrogens with zero attached hydrogens (tertiary/aromatic N) is 4. The van der Waals surface area contributed by atoms with Crippen LogP contribution in [0.5, 0.6) is 0 Å². The van der Waals surface area contributed by atoms with Crippen LogP contribution in [0.25, 0.3) is 0 Å². The van der Waals surface area contributed by atoms with Gasteiger partial charge >= 0.3 is 0 Å². The number of H-pyrrole nitrogens is 2. The van der Waals surface area contributed by atoms with Crippen molar-refractivity contribution in [3.05, 3.63) is 57.8 Å². The second kappa shape index (κ2) is 8.75. The summed E-state index contributed by atoms with van der Waals surface area (Å²) in [5.74, 6) is 0.959. The number of rotatable bonds is 7. The van der Waals surface area contributed by atoms with E-state index in [9.17, 15) is 4.55 Å². The Hall–Kier alpha value is -2.23. The molecule has 0 amide bonds. The molecular weight excluding hydrogens is 356 g/mol. The predicted octanol–water partition coefficient (Wildman–Crippen LogP) is 2.05. The van der Waals surface area contributed by atoms with Crippen molar-refractivity contribution in [1.29, 1.82) is 0 Å². The van der Waals surface area contributed by atoms with Crippen LogP contribution in [0, 0.1) is 0 Å². The Balaban J connectivity index is 1.66. The van der Waals surface area contributed by atoms with Crippen molar-refractivity contribution in [2.45, 2.75) is 13.0 Å². The molecule has 0 aliphatic heterocycles. The van der Waals surface area contributed by atoms with E-state index in [1.165, 1.54) is 4.88 Å². The topological polar surface area (TPSA) is 95.5 Å². The van der Waals surface area contributed by atoms with Crippen LogP contribution in [-0.4, -0.2) is 38.4 Å². The number of aromatic amines is 2. The van der Waals surface area contributed by atoms with E-state index in [-0.39, 0.29) is 0 Å². The fraction of sp³-hybridized carbons (Fsp3) is 0.312. The first-order chi connectivity index (χ1) is 12.3. The minimum Gasteiger partial charge on any atom is -0.549 e. The standard InChI is InChI=1S/C16H20N6OS2/c1-17-15-16(21-25(23)20-15)19-9-5-10-22(12-13-6-4-11-24-13)14-7-2-3-8-18-14/h2-4,6-8,11H,5,9-10,12H2,1H3,(H,17,20)(H,19,21). The molecule has 0 fully saturated rings. The number of aromatic nitrogens is 3. The lowest BCUT2D eigenvalue weighted by atomic mass is 10.3. The molecule has 1 atom stereocenters. The van der Waals surface area contributed by atoms with Gasteiger partial charge in [-0.2, -0.15) is 8.75 Å². The Labute approximate surface area is 152 Å². The van der Waals surface area contributed by atoms with Gasteiger partial charge in [0.05, 0.1) is 6.54 Å². The van der Waals surface area contributed by atoms with Crippen molar-refractivity contribution < 1.29 is 4.55 Å². The number of thiophene rings is 1. The van der Waals surface area contributed by atoms with Crippen molar-refractivity contribution in [3.8, 4) is 0 Å². The molecule has 25 heavy (non-hydrogen) atoms. The normalized spacial score (nSPS) is 13.4. The highest BCUT2D eigenvalue weighted by molar-refractivity contribution is 7.13. The molecule has 0 aliphatic carbocycles. The van der Waals surface area contributed by atoms with Crippen LogP contribution in [0.1, 0.15) is 11.3 Å². The van der Waals surface area contributed by atoms with E-state index in [1.807, 2.05) is 24.4 Å². The molecule has 0 bridgehead atoms. The lowest BCUT2D eigenvalue weighted by molar-refractivity contribution is 0.584. The summed E-state index contributed by atoms with van der Waals surface area (Å²) in [5.41, 5.74) is 1.10. The molecule has 0 aromatic carbocycles. The molecule has 3 heterocycles. The van der Waals surface area contributed by atoms with Crippen LogP contribution in [0.2, 0.25) is 0 Å². The maximum atomic E-state index is 11.4. The number of anilines is 1. The molecule has 7 nitrogen and oxygen atoms in total. The van der Waals surface area contributed by atoms with E-state index in [4.69, 9.17) is 0 Å². The first kappa shape index (κ1) is 17.6. The summed E-state index contributed by atoms with van der Waals surface area (Å²) in [6.45, 7) is 2.28. The lowest BCUT2D eigenvalue weighted by Crippen LogP contribution is -2.27. The number of hydrogen-bond donors (Lipinski definition) is 2. The minimum absolute atomic E-state index is 0.540. The molecule has 132 valence electrons. The van der Waals surface area contributed by atoms with Crippen LogP contribution in [-0.2, 0) is 6.54 Å². The summed E-state index contributed by atoms with van der Waals surface area (Å²) in [5, 5.41) is 2.09. The zero-order valence-electron chi connectivity index (χ0n) is 13.9. The SMILES string of the molecule is CN=c1[nH][s+]([O-])[nH]c1=NCCCN(Cc1cccs1)c1ccccn1. The molecule has 0 aliphatic rings. The molecule has 2 N–H and O–H groups in total. The smallest absolute Gasteiger partial charge is 0.219 e. The Morgan fingerprint density at radius 2 is 2.12 bits per heavy atom. The number of hydrogen-bond acceptors (Lipinski definition) is 6. The molecular formula is C16H20N6OS2. The molecule has 0 saturated heterocycles. The first-order valence-electron chi connectivity index (χ1n) is 7.91. The van der Waals surface area contributed by atoms with Crippen molar-refractivity contribution in [2.24, 2.45) is 9.98 Å². The van der Waals surface area contributed by atoms with Gasteiger partial charge in [0.2, 0.25) is 11.0 Å². The van der Waals surface area contributed by atoms with Gasteiger partial charge in [-0.15, -0.1) is 11.3 Å².